The molecule has 0 saturated heterocycles. The lowest BCUT2D eigenvalue weighted by Crippen LogP contribution is -2.41. The molecule has 1 aliphatic carbocycles. The van der Waals surface area contributed by atoms with Crippen molar-refractivity contribution in [3.8, 4) is 0 Å². The molecule has 1 nitrogen and oxygen atoms in total. The minimum Gasteiger partial charge on any atom is -0.417 e. The highest BCUT2D eigenvalue weighted by Gasteiger charge is 2.41. The standard InChI is InChI=1S/C11H23BrOSi/c1-11(2,3)14(4,5)13-8-10-6-9(10)7-12/h9-10H,6-8H2,1-5H3. The zero-order valence-corrected chi connectivity index (χ0v) is 12.6. The molecule has 1 fully saturated rings. The molecule has 0 aromatic rings. The van der Waals surface area contributed by atoms with Gasteiger partial charge in [0.2, 0.25) is 0 Å². The number of hydrogen-bond acceptors (Lipinski definition) is 1. The molecule has 1 saturated carbocycles. The zero-order valence-electron chi connectivity index (χ0n) is 10.1. The molecule has 0 radical (unpaired) electrons. The van der Waals surface area contributed by atoms with Gasteiger partial charge in [-0.3, -0.25) is 0 Å². The minimum absolute atomic E-state index is 0.353. The van der Waals surface area contributed by atoms with Crippen LogP contribution in [0.15, 0.2) is 0 Å². The van der Waals surface area contributed by atoms with Gasteiger partial charge < -0.3 is 4.43 Å². The Hall–Kier alpha value is 0.657. The van der Waals surface area contributed by atoms with E-state index < -0.39 is 8.32 Å². The van der Waals surface area contributed by atoms with Gasteiger partial charge >= 0.3 is 0 Å². The second-order valence-electron chi connectivity index (χ2n) is 5.98. The maximum Gasteiger partial charge on any atom is 0.191 e. The van der Waals surface area contributed by atoms with Crippen molar-refractivity contribution >= 4 is 24.2 Å². The molecule has 1 aliphatic rings. The Morgan fingerprint density at radius 2 is 1.86 bits per heavy atom. The van der Waals surface area contributed by atoms with Crippen LogP contribution in [0.4, 0.5) is 0 Å². The Morgan fingerprint density at radius 1 is 1.29 bits per heavy atom. The van der Waals surface area contributed by atoms with Crippen molar-refractivity contribution in [3.63, 3.8) is 0 Å². The van der Waals surface area contributed by atoms with E-state index in [0.717, 1.165) is 23.8 Å². The van der Waals surface area contributed by atoms with Crippen LogP contribution in [0.3, 0.4) is 0 Å². The van der Waals surface area contributed by atoms with Crippen molar-refractivity contribution in [1.29, 1.82) is 0 Å². The minimum atomic E-state index is -1.49. The molecule has 2 atom stereocenters. The molecular formula is C11H23BrOSi. The van der Waals surface area contributed by atoms with Crippen LogP contribution in [-0.4, -0.2) is 20.3 Å². The molecule has 0 aromatic heterocycles. The summed E-state index contributed by atoms with van der Waals surface area (Å²) in [7, 11) is -1.49. The summed E-state index contributed by atoms with van der Waals surface area (Å²) in [5.74, 6) is 1.73. The second-order valence-corrected chi connectivity index (χ2v) is 11.4. The van der Waals surface area contributed by atoms with E-state index in [4.69, 9.17) is 4.43 Å². The van der Waals surface area contributed by atoms with E-state index in [0.29, 0.717) is 5.04 Å². The molecule has 14 heavy (non-hydrogen) atoms. The first kappa shape index (κ1) is 12.7. The highest BCUT2D eigenvalue weighted by molar-refractivity contribution is 9.09. The van der Waals surface area contributed by atoms with Crippen LogP contribution in [0.5, 0.6) is 0 Å². The molecular weight excluding hydrogens is 256 g/mol. The fraction of sp³-hybridized carbons (Fsp3) is 1.00. The van der Waals surface area contributed by atoms with Gasteiger partial charge in [-0.2, -0.15) is 0 Å². The fourth-order valence-electron chi connectivity index (χ4n) is 1.24. The van der Waals surface area contributed by atoms with Crippen LogP contribution in [-0.2, 0) is 4.43 Å². The summed E-state index contributed by atoms with van der Waals surface area (Å²) < 4.78 is 6.17. The van der Waals surface area contributed by atoms with Crippen molar-refractivity contribution in [2.45, 2.75) is 45.3 Å². The van der Waals surface area contributed by atoms with Crippen molar-refractivity contribution in [1.82, 2.24) is 0 Å². The average Bonchev–Trinajstić information content (AvgIpc) is 2.77. The van der Waals surface area contributed by atoms with E-state index in [2.05, 4.69) is 49.8 Å². The molecule has 84 valence electrons. The first-order valence-electron chi connectivity index (χ1n) is 5.48. The topological polar surface area (TPSA) is 9.23 Å². The predicted octanol–water partition coefficient (Wildman–Crippen LogP) is 4.04. The van der Waals surface area contributed by atoms with E-state index in [-0.39, 0.29) is 0 Å². The molecule has 0 aromatic carbocycles. The molecule has 2 unspecified atom stereocenters. The number of halogens is 1. The second kappa shape index (κ2) is 4.26. The zero-order chi connectivity index (χ0) is 11.0. The van der Waals surface area contributed by atoms with Crippen LogP contribution < -0.4 is 0 Å². The van der Waals surface area contributed by atoms with Gasteiger partial charge in [-0.1, -0.05) is 36.7 Å². The highest BCUT2D eigenvalue weighted by atomic mass is 79.9. The quantitative estimate of drug-likeness (QED) is 0.557. The first-order chi connectivity index (χ1) is 6.28. The molecule has 0 bridgehead atoms. The van der Waals surface area contributed by atoms with Crippen molar-refractivity contribution in [2.24, 2.45) is 11.8 Å². The summed E-state index contributed by atoms with van der Waals surface area (Å²) in [6.45, 7) is 12.6. The largest absolute Gasteiger partial charge is 0.417 e. The molecule has 0 heterocycles. The average molecular weight is 279 g/mol. The third kappa shape index (κ3) is 3.07. The Morgan fingerprint density at radius 3 is 2.21 bits per heavy atom. The van der Waals surface area contributed by atoms with E-state index in [1.807, 2.05) is 0 Å². The lowest BCUT2D eigenvalue weighted by Gasteiger charge is -2.36. The van der Waals surface area contributed by atoms with Gasteiger partial charge in [0.05, 0.1) is 0 Å². The Kier molecular flexibility index (Phi) is 3.87. The van der Waals surface area contributed by atoms with Crippen molar-refractivity contribution in [2.75, 3.05) is 11.9 Å². The lowest BCUT2D eigenvalue weighted by molar-refractivity contribution is 0.267. The van der Waals surface area contributed by atoms with Gasteiger partial charge in [0.25, 0.3) is 0 Å². The fourth-order valence-corrected chi connectivity index (χ4v) is 3.09. The molecule has 1 rings (SSSR count). The third-order valence-corrected chi connectivity index (χ3v) is 9.06. The Balaban J connectivity index is 2.31. The van der Waals surface area contributed by atoms with E-state index in [1.54, 1.807) is 0 Å². The Bertz CT molecular complexity index is 198. The number of rotatable bonds is 4. The molecule has 0 amide bonds. The smallest absolute Gasteiger partial charge is 0.191 e. The molecule has 0 N–H and O–H groups in total. The molecule has 0 aliphatic heterocycles. The maximum atomic E-state index is 6.17. The highest BCUT2D eigenvalue weighted by Crippen LogP contribution is 2.42. The summed E-state index contributed by atoms with van der Waals surface area (Å²) in [6, 6.07) is 0. The Labute approximate surface area is 97.9 Å². The van der Waals surface area contributed by atoms with Gasteiger partial charge in [0, 0.05) is 11.9 Å². The van der Waals surface area contributed by atoms with Crippen LogP contribution in [0.2, 0.25) is 18.1 Å². The van der Waals surface area contributed by atoms with Crippen LogP contribution in [0.25, 0.3) is 0 Å². The number of hydrogen-bond donors (Lipinski definition) is 0. The van der Waals surface area contributed by atoms with Gasteiger partial charge in [-0.05, 0) is 36.4 Å². The molecule has 3 heteroatoms. The van der Waals surface area contributed by atoms with Crippen LogP contribution in [0.1, 0.15) is 27.2 Å². The summed E-state index contributed by atoms with van der Waals surface area (Å²) in [6.07, 6.45) is 1.36. The SMILES string of the molecule is CC(C)(C)[Si](C)(C)OCC1CC1CBr. The van der Waals surface area contributed by atoms with Crippen LogP contribution in [0, 0.1) is 11.8 Å². The van der Waals surface area contributed by atoms with Gasteiger partial charge in [-0.25, -0.2) is 0 Å². The van der Waals surface area contributed by atoms with Crippen molar-refractivity contribution < 1.29 is 4.43 Å². The van der Waals surface area contributed by atoms with Crippen molar-refractivity contribution in [3.05, 3.63) is 0 Å². The van der Waals surface area contributed by atoms with Gasteiger partial charge in [0.1, 0.15) is 0 Å². The van der Waals surface area contributed by atoms with Crippen LogP contribution >= 0.6 is 15.9 Å². The monoisotopic (exact) mass is 278 g/mol. The number of alkyl halides is 1. The third-order valence-electron chi connectivity index (χ3n) is 3.73. The maximum absolute atomic E-state index is 6.17. The van der Waals surface area contributed by atoms with E-state index >= 15 is 0 Å². The lowest BCUT2D eigenvalue weighted by atomic mass is 10.2. The van der Waals surface area contributed by atoms with E-state index in [1.165, 1.54) is 6.42 Å². The van der Waals surface area contributed by atoms with Gasteiger partial charge in [-0.15, -0.1) is 0 Å². The summed E-state index contributed by atoms with van der Waals surface area (Å²) >= 11 is 3.53. The normalized spacial score (nSPS) is 27.9. The summed E-state index contributed by atoms with van der Waals surface area (Å²) in [4.78, 5) is 0. The molecule has 0 spiro atoms. The predicted molar refractivity (Wildman–Crippen MR) is 68.5 cm³/mol. The van der Waals surface area contributed by atoms with Gasteiger partial charge in [0.15, 0.2) is 8.32 Å². The first-order valence-corrected chi connectivity index (χ1v) is 9.51. The summed E-state index contributed by atoms with van der Waals surface area (Å²) in [5, 5.41) is 1.50. The summed E-state index contributed by atoms with van der Waals surface area (Å²) in [5.41, 5.74) is 0. The van der Waals surface area contributed by atoms with E-state index in [9.17, 15) is 0 Å².